The first-order valence-electron chi connectivity index (χ1n) is 4.81. The van der Waals surface area contributed by atoms with Crippen molar-refractivity contribution in [3.05, 3.63) is 33.9 Å². The molecule has 0 saturated heterocycles. The smallest absolute Gasteiger partial charge is 0.311 e. The SMILES string of the molecule is COc1ccc([C@@H](N)CC(F)F)cc1[N+](=O)[O-].Cl. The number of methoxy groups -OCH3 is 1. The van der Waals surface area contributed by atoms with Gasteiger partial charge in [-0.05, 0) is 11.6 Å². The molecule has 0 fully saturated rings. The molecule has 0 aliphatic carbocycles. The molecule has 0 unspecified atom stereocenters. The van der Waals surface area contributed by atoms with Gasteiger partial charge >= 0.3 is 5.69 Å². The van der Waals surface area contributed by atoms with Crippen LogP contribution in [0.4, 0.5) is 14.5 Å². The van der Waals surface area contributed by atoms with E-state index in [1.54, 1.807) is 0 Å². The minimum Gasteiger partial charge on any atom is -0.490 e. The summed E-state index contributed by atoms with van der Waals surface area (Å²) in [4.78, 5) is 10.1. The van der Waals surface area contributed by atoms with Gasteiger partial charge in [0.2, 0.25) is 6.43 Å². The van der Waals surface area contributed by atoms with Crippen LogP contribution < -0.4 is 10.5 Å². The van der Waals surface area contributed by atoms with Crippen LogP contribution in [0.5, 0.6) is 5.75 Å². The first kappa shape index (κ1) is 16.5. The summed E-state index contributed by atoms with van der Waals surface area (Å²) in [5.74, 6) is 0.0722. The Morgan fingerprint density at radius 2 is 2.11 bits per heavy atom. The average Bonchev–Trinajstić information content (AvgIpc) is 2.27. The standard InChI is InChI=1S/C10H12F2N2O3.ClH/c1-17-9-3-2-6(4-8(9)14(15)16)7(13)5-10(11)12;/h2-4,7,10H,5,13H2,1H3;1H/t7-;/m0./s1. The summed E-state index contributed by atoms with van der Waals surface area (Å²) in [6.07, 6.45) is -3.09. The highest BCUT2D eigenvalue weighted by Crippen LogP contribution is 2.30. The summed E-state index contributed by atoms with van der Waals surface area (Å²) >= 11 is 0. The molecule has 1 aromatic carbocycles. The molecule has 0 amide bonds. The third kappa shape index (κ3) is 4.08. The van der Waals surface area contributed by atoms with Crippen LogP contribution in [0.25, 0.3) is 0 Å². The van der Waals surface area contributed by atoms with Gasteiger partial charge < -0.3 is 10.5 Å². The number of halogens is 3. The lowest BCUT2D eigenvalue weighted by Gasteiger charge is -2.12. The van der Waals surface area contributed by atoms with E-state index in [-0.39, 0.29) is 29.4 Å². The van der Waals surface area contributed by atoms with Gasteiger partial charge in [-0.2, -0.15) is 0 Å². The van der Waals surface area contributed by atoms with Crippen molar-refractivity contribution in [1.29, 1.82) is 0 Å². The number of alkyl halides is 2. The second kappa shape index (κ2) is 7.07. The summed E-state index contributed by atoms with van der Waals surface area (Å²) in [5, 5.41) is 10.7. The van der Waals surface area contributed by atoms with E-state index < -0.39 is 23.8 Å². The lowest BCUT2D eigenvalue weighted by atomic mass is 10.0. The number of rotatable bonds is 5. The van der Waals surface area contributed by atoms with Gasteiger partial charge in [-0.1, -0.05) is 6.07 Å². The molecule has 0 saturated carbocycles. The molecule has 1 aromatic rings. The molecule has 8 heteroatoms. The predicted molar refractivity (Wildman–Crippen MR) is 64.4 cm³/mol. The molecule has 102 valence electrons. The van der Waals surface area contributed by atoms with Gasteiger partial charge in [0.15, 0.2) is 5.75 Å². The van der Waals surface area contributed by atoms with Crippen LogP contribution in [-0.4, -0.2) is 18.5 Å². The zero-order valence-corrected chi connectivity index (χ0v) is 10.3. The number of benzene rings is 1. The van der Waals surface area contributed by atoms with Gasteiger partial charge in [-0.3, -0.25) is 10.1 Å². The molecule has 0 spiro atoms. The molecule has 2 N–H and O–H groups in total. The van der Waals surface area contributed by atoms with Crippen LogP contribution in [0.15, 0.2) is 18.2 Å². The number of nitro benzene ring substituents is 1. The number of nitrogens with two attached hydrogens (primary N) is 1. The van der Waals surface area contributed by atoms with E-state index in [0.29, 0.717) is 0 Å². The summed E-state index contributed by atoms with van der Waals surface area (Å²) in [5.41, 5.74) is 5.52. The van der Waals surface area contributed by atoms with Gasteiger partial charge in [0, 0.05) is 18.5 Å². The molecule has 0 radical (unpaired) electrons. The zero-order valence-electron chi connectivity index (χ0n) is 9.51. The summed E-state index contributed by atoms with van der Waals surface area (Å²) in [6.45, 7) is 0. The van der Waals surface area contributed by atoms with E-state index in [2.05, 4.69) is 0 Å². The summed E-state index contributed by atoms with van der Waals surface area (Å²) in [7, 11) is 1.29. The Bertz CT molecular complexity index is 418. The summed E-state index contributed by atoms with van der Waals surface area (Å²) in [6, 6.07) is 3.02. The minimum atomic E-state index is -2.55. The van der Waals surface area contributed by atoms with E-state index in [0.717, 1.165) is 6.07 Å². The van der Waals surface area contributed by atoms with E-state index in [1.165, 1.54) is 19.2 Å². The number of hydrogen-bond acceptors (Lipinski definition) is 4. The van der Waals surface area contributed by atoms with Crippen molar-refractivity contribution < 1.29 is 18.4 Å². The van der Waals surface area contributed by atoms with Crippen molar-refractivity contribution in [3.8, 4) is 5.75 Å². The molecular weight excluding hydrogens is 270 g/mol. The molecule has 1 rings (SSSR count). The van der Waals surface area contributed by atoms with E-state index in [1.807, 2.05) is 0 Å². The molecule has 0 aliphatic heterocycles. The topological polar surface area (TPSA) is 78.4 Å². The fourth-order valence-electron chi connectivity index (χ4n) is 1.41. The van der Waals surface area contributed by atoms with Crippen LogP contribution in [-0.2, 0) is 0 Å². The fourth-order valence-corrected chi connectivity index (χ4v) is 1.41. The Labute approximate surface area is 108 Å². The van der Waals surface area contributed by atoms with E-state index in [4.69, 9.17) is 10.5 Å². The monoisotopic (exact) mass is 282 g/mol. The Hall–Kier alpha value is -1.47. The lowest BCUT2D eigenvalue weighted by molar-refractivity contribution is -0.385. The highest BCUT2D eigenvalue weighted by Gasteiger charge is 2.19. The Morgan fingerprint density at radius 3 is 2.56 bits per heavy atom. The van der Waals surface area contributed by atoms with Crippen LogP contribution >= 0.6 is 12.4 Å². The minimum absolute atomic E-state index is 0. The van der Waals surface area contributed by atoms with Gasteiger partial charge in [0.05, 0.1) is 12.0 Å². The first-order chi connectivity index (χ1) is 7.95. The van der Waals surface area contributed by atoms with Crippen molar-refractivity contribution in [3.63, 3.8) is 0 Å². The largest absolute Gasteiger partial charge is 0.490 e. The average molecular weight is 283 g/mol. The Balaban J connectivity index is 0.00000289. The maximum Gasteiger partial charge on any atom is 0.311 e. The highest BCUT2D eigenvalue weighted by atomic mass is 35.5. The van der Waals surface area contributed by atoms with Crippen molar-refractivity contribution in [2.45, 2.75) is 18.9 Å². The van der Waals surface area contributed by atoms with Gasteiger partial charge in [0.25, 0.3) is 0 Å². The van der Waals surface area contributed by atoms with Gasteiger partial charge in [-0.15, -0.1) is 12.4 Å². The van der Waals surface area contributed by atoms with Crippen LogP contribution in [0.2, 0.25) is 0 Å². The fraction of sp³-hybridized carbons (Fsp3) is 0.400. The normalized spacial score (nSPS) is 11.8. The second-order valence-electron chi connectivity index (χ2n) is 3.42. The molecule has 0 aromatic heterocycles. The number of nitrogens with zero attached hydrogens (tertiary/aromatic N) is 1. The van der Waals surface area contributed by atoms with Crippen molar-refractivity contribution in [1.82, 2.24) is 0 Å². The van der Waals surface area contributed by atoms with Crippen LogP contribution in [0.1, 0.15) is 18.0 Å². The molecule has 1 atom stereocenters. The molecule has 0 bridgehead atoms. The summed E-state index contributed by atoms with van der Waals surface area (Å²) < 4.78 is 29.1. The third-order valence-corrected chi connectivity index (χ3v) is 2.26. The zero-order chi connectivity index (χ0) is 13.0. The molecular formula is C10H13ClF2N2O3. The van der Waals surface area contributed by atoms with Crippen LogP contribution in [0.3, 0.4) is 0 Å². The number of hydrogen-bond donors (Lipinski definition) is 1. The molecule has 0 aliphatic rings. The number of nitro groups is 1. The third-order valence-electron chi connectivity index (χ3n) is 2.26. The molecule has 0 heterocycles. The van der Waals surface area contributed by atoms with Crippen LogP contribution in [0, 0.1) is 10.1 Å². The highest BCUT2D eigenvalue weighted by molar-refractivity contribution is 5.85. The maximum atomic E-state index is 12.1. The predicted octanol–water partition coefficient (Wildman–Crippen LogP) is 2.68. The maximum absolute atomic E-state index is 12.1. The van der Waals surface area contributed by atoms with Gasteiger partial charge in [-0.25, -0.2) is 8.78 Å². The van der Waals surface area contributed by atoms with Gasteiger partial charge in [0.1, 0.15) is 0 Å². The molecule has 5 nitrogen and oxygen atoms in total. The van der Waals surface area contributed by atoms with E-state index in [9.17, 15) is 18.9 Å². The number of ether oxygens (including phenoxy) is 1. The van der Waals surface area contributed by atoms with Crippen molar-refractivity contribution >= 4 is 18.1 Å². The first-order valence-corrected chi connectivity index (χ1v) is 4.81. The Morgan fingerprint density at radius 1 is 1.50 bits per heavy atom. The van der Waals surface area contributed by atoms with Crippen molar-refractivity contribution in [2.75, 3.05) is 7.11 Å². The molecule has 18 heavy (non-hydrogen) atoms. The van der Waals surface area contributed by atoms with Crippen molar-refractivity contribution in [2.24, 2.45) is 5.73 Å². The lowest BCUT2D eigenvalue weighted by Crippen LogP contribution is -2.14. The quantitative estimate of drug-likeness (QED) is 0.665. The Kier molecular flexibility index (Phi) is 6.50. The second-order valence-corrected chi connectivity index (χ2v) is 3.42. The van der Waals surface area contributed by atoms with E-state index >= 15 is 0 Å².